The van der Waals surface area contributed by atoms with Gasteiger partial charge in [-0.2, -0.15) is 11.8 Å². The molecule has 0 radical (unpaired) electrons. The van der Waals surface area contributed by atoms with E-state index in [0.29, 0.717) is 5.95 Å². The fourth-order valence-electron chi connectivity index (χ4n) is 2.82. The zero-order valence-corrected chi connectivity index (χ0v) is 14.6. The first kappa shape index (κ1) is 15.9. The molecule has 3 rings (SSSR count). The van der Waals surface area contributed by atoms with Crippen LogP contribution in [-0.2, 0) is 11.5 Å². The van der Waals surface area contributed by atoms with Gasteiger partial charge in [-0.15, -0.1) is 0 Å². The Kier molecular flexibility index (Phi) is 4.61. The molecule has 2 heterocycles. The van der Waals surface area contributed by atoms with Crippen molar-refractivity contribution in [1.82, 2.24) is 9.97 Å². The second-order valence-corrected chi connectivity index (χ2v) is 6.61. The zero-order valence-electron chi connectivity index (χ0n) is 13.8. The zero-order chi connectivity index (χ0) is 16.4. The van der Waals surface area contributed by atoms with Crippen molar-refractivity contribution in [1.29, 1.82) is 0 Å². The summed E-state index contributed by atoms with van der Waals surface area (Å²) >= 11 is 1.73. The molecule has 1 aromatic heterocycles. The van der Waals surface area contributed by atoms with Crippen molar-refractivity contribution in [2.24, 2.45) is 0 Å². The van der Waals surface area contributed by atoms with Crippen LogP contribution in [0.25, 0.3) is 0 Å². The number of thioether (sulfide) groups is 1. The molecular weight excluding hydrogens is 308 g/mol. The predicted octanol–water partition coefficient (Wildman–Crippen LogP) is 3.41. The number of hydrogen-bond acceptors (Lipinski definition) is 5. The largest absolute Gasteiger partial charge is 0.372 e. The third-order valence-corrected chi connectivity index (χ3v) is 5.15. The van der Waals surface area contributed by atoms with E-state index in [9.17, 15) is 4.79 Å². The molecule has 0 fully saturated rings. The Morgan fingerprint density at radius 1 is 1.30 bits per heavy atom. The van der Waals surface area contributed by atoms with Crippen molar-refractivity contribution in [2.75, 3.05) is 23.3 Å². The fraction of sp³-hybridized carbons (Fsp3) is 0.412. The van der Waals surface area contributed by atoms with Gasteiger partial charge in [-0.05, 0) is 44.5 Å². The van der Waals surface area contributed by atoms with Gasteiger partial charge < -0.3 is 10.2 Å². The Balaban J connectivity index is 1.86. The average Bonchev–Trinajstić information content (AvgIpc) is 3.00. The van der Waals surface area contributed by atoms with Crippen LogP contribution >= 0.6 is 11.8 Å². The molecule has 1 aromatic carbocycles. The van der Waals surface area contributed by atoms with E-state index in [1.54, 1.807) is 11.8 Å². The molecule has 0 saturated heterocycles. The molecule has 1 aliphatic rings. The SMILES string of the molecule is CCN(CC)c1ccc(Nc2nc3c(c(=O)[nH]2)CSC3)c(C)c1. The van der Waals surface area contributed by atoms with E-state index in [4.69, 9.17) is 0 Å². The Bertz CT molecular complexity index is 768. The van der Waals surface area contributed by atoms with Gasteiger partial charge in [0.25, 0.3) is 5.56 Å². The second kappa shape index (κ2) is 6.66. The minimum Gasteiger partial charge on any atom is -0.372 e. The molecule has 6 heteroatoms. The van der Waals surface area contributed by atoms with Crippen LogP contribution in [0.15, 0.2) is 23.0 Å². The Morgan fingerprint density at radius 2 is 2.09 bits per heavy atom. The summed E-state index contributed by atoms with van der Waals surface area (Å²) in [5, 5.41) is 3.25. The summed E-state index contributed by atoms with van der Waals surface area (Å²) in [7, 11) is 0. The van der Waals surface area contributed by atoms with Crippen LogP contribution in [-0.4, -0.2) is 23.1 Å². The first-order valence-electron chi connectivity index (χ1n) is 7.94. The van der Waals surface area contributed by atoms with Crippen LogP contribution in [0.1, 0.15) is 30.7 Å². The molecule has 5 nitrogen and oxygen atoms in total. The number of aromatic nitrogens is 2. The monoisotopic (exact) mass is 330 g/mol. The van der Waals surface area contributed by atoms with Crippen LogP contribution in [0.5, 0.6) is 0 Å². The van der Waals surface area contributed by atoms with Gasteiger partial charge in [-0.25, -0.2) is 4.98 Å². The average molecular weight is 330 g/mol. The molecule has 0 amide bonds. The maximum Gasteiger partial charge on any atom is 0.256 e. The van der Waals surface area contributed by atoms with Crippen molar-refractivity contribution in [3.8, 4) is 0 Å². The van der Waals surface area contributed by atoms with Crippen LogP contribution in [0.3, 0.4) is 0 Å². The van der Waals surface area contributed by atoms with Crippen LogP contribution in [0.2, 0.25) is 0 Å². The lowest BCUT2D eigenvalue weighted by Crippen LogP contribution is -2.21. The topological polar surface area (TPSA) is 61.0 Å². The van der Waals surface area contributed by atoms with E-state index in [1.807, 2.05) is 6.07 Å². The lowest BCUT2D eigenvalue weighted by atomic mass is 10.1. The second-order valence-electron chi connectivity index (χ2n) is 5.63. The number of anilines is 3. The molecular formula is C17H22N4OS. The molecule has 1 aliphatic heterocycles. The third kappa shape index (κ3) is 3.22. The minimum absolute atomic E-state index is 0.0279. The number of H-pyrrole nitrogens is 1. The van der Waals surface area contributed by atoms with Crippen molar-refractivity contribution >= 4 is 29.1 Å². The van der Waals surface area contributed by atoms with Crippen LogP contribution in [0.4, 0.5) is 17.3 Å². The number of nitrogens with zero attached hydrogens (tertiary/aromatic N) is 2. The van der Waals surface area contributed by atoms with Gasteiger partial charge in [0.1, 0.15) is 0 Å². The summed E-state index contributed by atoms with van der Waals surface area (Å²) in [6, 6.07) is 6.31. The smallest absolute Gasteiger partial charge is 0.256 e. The summed E-state index contributed by atoms with van der Waals surface area (Å²) in [5.74, 6) is 2.10. The van der Waals surface area contributed by atoms with Gasteiger partial charge in [0.05, 0.1) is 5.69 Å². The number of hydrogen-bond donors (Lipinski definition) is 2. The maximum absolute atomic E-state index is 12.1. The maximum atomic E-state index is 12.1. The van der Waals surface area contributed by atoms with E-state index in [-0.39, 0.29) is 5.56 Å². The van der Waals surface area contributed by atoms with Crippen LogP contribution in [0, 0.1) is 6.92 Å². The summed E-state index contributed by atoms with van der Waals surface area (Å²) < 4.78 is 0. The van der Waals surface area contributed by atoms with Crippen molar-refractivity contribution in [2.45, 2.75) is 32.3 Å². The molecule has 0 spiro atoms. The number of aromatic amines is 1. The molecule has 23 heavy (non-hydrogen) atoms. The molecule has 2 aromatic rings. The van der Waals surface area contributed by atoms with Crippen molar-refractivity contribution in [3.63, 3.8) is 0 Å². The van der Waals surface area contributed by atoms with E-state index < -0.39 is 0 Å². The number of aryl methyl sites for hydroxylation is 1. The molecule has 0 unspecified atom stereocenters. The summed E-state index contributed by atoms with van der Waals surface area (Å²) in [6.07, 6.45) is 0. The number of rotatable bonds is 5. The fourth-order valence-corrected chi connectivity index (χ4v) is 3.86. The standard InChI is InChI=1S/C17H22N4OS/c1-4-21(5-2)12-6-7-14(11(3)8-12)18-17-19-15-10-23-9-13(15)16(22)20-17/h6-8H,4-5,9-10H2,1-3H3,(H2,18,19,20,22). The quantitative estimate of drug-likeness (QED) is 0.880. The molecule has 2 N–H and O–H groups in total. The van der Waals surface area contributed by atoms with Gasteiger partial charge in [-0.1, -0.05) is 0 Å². The van der Waals surface area contributed by atoms with Crippen LogP contribution < -0.4 is 15.8 Å². The highest BCUT2D eigenvalue weighted by atomic mass is 32.2. The number of nitrogens with one attached hydrogen (secondary N) is 2. The Hall–Kier alpha value is -1.95. The van der Waals surface area contributed by atoms with Gasteiger partial charge in [0, 0.05) is 41.5 Å². The summed E-state index contributed by atoms with van der Waals surface area (Å²) in [4.78, 5) is 21.8. The lowest BCUT2D eigenvalue weighted by molar-refractivity contribution is 0.865. The molecule has 0 saturated carbocycles. The lowest BCUT2D eigenvalue weighted by Gasteiger charge is -2.22. The summed E-state index contributed by atoms with van der Waals surface area (Å²) in [6.45, 7) is 8.35. The van der Waals surface area contributed by atoms with E-state index in [0.717, 1.165) is 47.1 Å². The predicted molar refractivity (Wildman–Crippen MR) is 97.9 cm³/mol. The first-order valence-corrected chi connectivity index (χ1v) is 9.10. The Labute approximate surface area is 140 Å². The van der Waals surface area contributed by atoms with E-state index in [2.05, 4.69) is 53.1 Å². The Morgan fingerprint density at radius 3 is 2.78 bits per heavy atom. The normalized spacial score (nSPS) is 13.0. The van der Waals surface area contributed by atoms with Gasteiger partial charge in [0.2, 0.25) is 5.95 Å². The van der Waals surface area contributed by atoms with Gasteiger partial charge in [-0.3, -0.25) is 9.78 Å². The number of benzene rings is 1. The first-order chi connectivity index (χ1) is 11.1. The molecule has 122 valence electrons. The summed E-state index contributed by atoms with van der Waals surface area (Å²) in [5.41, 5.74) is 5.00. The van der Waals surface area contributed by atoms with E-state index >= 15 is 0 Å². The van der Waals surface area contributed by atoms with Crippen molar-refractivity contribution < 1.29 is 0 Å². The number of fused-ring (bicyclic) bond motifs is 1. The van der Waals surface area contributed by atoms with E-state index in [1.165, 1.54) is 5.69 Å². The molecule has 0 atom stereocenters. The molecule has 0 bridgehead atoms. The highest BCUT2D eigenvalue weighted by molar-refractivity contribution is 7.98. The minimum atomic E-state index is -0.0279. The third-order valence-electron chi connectivity index (χ3n) is 4.18. The highest BCUT2D eigenvalue weighted by Gasteiger charge is 2.17. The van der Waals surface area contributed by atoms with Gasteiger partial charge in [0.15, 0.2) is 0 Å². The van der Waals surface area contributed by atoms with Gasteiger partial charge >= 0.3 is 0 Å². The highest BCUT2D eigenvalue weighted by Crippen LogP contribution is 2.28. The van der Waals surface area contributed by atoms with Crippen molar-refractivity contribution in [3.05, 3.63) is 45.4 Å². The molecule has 0 aliphatic carbocycles.